The predicted octanol–water partition coefficient (Wildman–Crippen LogP) is 8.47. The topological polar surface area (TPSA) is 36.9 Å². The summed E-state index contributed by atoms with van der Waals surface area (Å²) in [6.45, 7) is 16.3. The molecule has 0 aliphatic heterocycles. The Labute approximate surface area is 209 Å². The average molecular weight is 501 g/mol. The zero-order valence-electron chi connectivity index (χ0n) is 23.0. The van der Waals surface area contributed by atoms with E-state index in [1.165, 1.54) is 0 Å². The molecule has 0 saturated carbocycles. The lowest BCUT2D eigenvalue weighted by Crippen LogP contribution is -2.54. The van der Waals surface area contributed by atoms with Gasteiger partial charge in [-0.3, -0.25) is 0 Å². The van der Waals surface area contributed by atoms with Crippen LogP contribution in [-0.2, 0) is 17.7 Å². The van der Waals surface area contributed by atoms with Crippen LogP contribution in [0.3, 0.4) is 0 Å². The molecule has 0 amide bonds. The summed E-state index contributed by atoms with van der Waals surface area (Å²) in [7, 11) is -5.29. The summed E-state index contributed by atoms with van der Waals surface area (Å²) in [4.78, 5) is 0. The highest BCUT2D eigenvalue weighted by Gasteiger charge is 2.49. The van der Waals surface area contributed by atoms with E-state index in [0.29, 0.717) is 0 Å². The smallest absolute Gasteiger partial charge is 0.367 e. The molecule has 0 N–H and O–H groups in total. The second-order valence-electron chi connectivity index (χ2n) is 8.99. The minimum atomic E-state index is -2.64. The Bertz CT molecular complexity index is 421. The largest absolute Gasteiger partial charge is 0.391 e. The minimum Gasteiger partial charge on any atom is -0.391 e. The number of unbranched alkanes of at least 4 members (excludes halogenated alkanes) is 6. The van der Waals surface area contributed by atoms with Gasteiger partial charge in [-0.15, -0.1) is 0 Å². The van der Waals surface area contributed by atoms with Gasteiger partial charge in [0.05, 0.1) is 0 Å². The van der Waals surface area contributed by atoms with Gasteiger partial charge >= 0.3 is 17.1 Å². The van der Waals surface area contributed by atoms with Crippen LogP contribution in [0.2, 0.25) is 5.67 Å². The second kappa shape index (κ2) is 22.2. The van der Waals surface area contributed by atoms with Crippen molar-refractivity contribution < 1.29 is 17.7 Å². The third-order valence-corrected chi connectivity index (χ3v) is 13.7. The van der Waals surface area contributed by atoms with Crippen LogP contribution in [0.25, 0.3) is 0 Å². The van der Waals surface area contributed by atoms with Crippen LogP contribution >= 0.6 is 0 Å². The van der Waals surface area contributed by atoms with Crippen molar-refractivity contribution in [2.24, 2.45) is 0 Å². The van der Waals surface area contributed by atoms with Crippen LogP contribution in [-0.4, -0.2) is 43.5 Å². The van der Waals surface area contributed by atoms with Crippen LogP contribution in [0, 0.1) is 0 Å². The molecule has 0 rings (SSSR count). The van der Waals surface area contributed by atoms with E-state index in [2.05, 4.69) is 65.1 Å². The Morgan fingerprint density at radius 1 is 0.455 bits per heavy atom. The lowest BCUT2D eigenvalue weighted by molar-refractivity contribution is 0.155. The Morgan fingerprint density at radius 3 is 1.00 bits per heavy atom. The molecular formula is C27H56O4Si2. The van der Waals surface area contributed by atoms with Crippen LogP contribution in [0.4, 0.5) is 0 Å². The number of hydrogen-bond donors (Lipinski definition) is 0. The van der Waals surface area contributed by atoms with Crippen molar-refractivity contribution in [3.63, 3.8) is 0 Å². The lowest BCUT2D eigenvalue weighted by atomic mass is 10.3. The van der Waals surface area contributed by atoms with Crippen molar-refractivity contribution >= 4 is 17.1 Å². The van der Waals surface area contributed by atoms with Gasteiger partial charge in [0.2, 0.25) is 0 Å². The third-order valence-electron chi connectivity index (χ3n) is 5.52. The molecule has 0 saturated heterocycles. The average Bonchev–Trinajstić information content (AvgIpc) is 2.80. The van der Waals surface area contributed by atoms with Crippen molar-refractivity contribution in [3.05, 3.63) is 23.6 Å². The molecule has 0 heterocycles. The van der Waals surface area contributed by atoms with E-state index < -0.39 is 17.1 Å². The van der Waals surface area contributed by atoms with Gasteiger partial charge in [0.15, 0.2) is 0 Å². The van der Waals surface area contributed by atoms with Gasteiger partial charge in [0.25, 0.3) is 0 Å². The van der Waals surface area contributed by atoms with Crippen molar-refractivity contribution in [1.29, 1.82) is 0 Å². The zero-order chi connectivity index (χ0) is 24.7. The SMILES string of the molecule is CCCC=C[Si](C[Si](C=CCCC)(OCCCC)OCCCC)(OCCCC)OCCCC. The molecule has 0 aromatic carbocycles. The summed E-state index contributed by atoms with van der Waals surface area (Å²) < 4.78 is 26.8. The molecule has 0 aromatic heterocycles. The Hall–Kier alpha value is -0.246. The summed E-state index contributed by atoms with van der Waals surface area (Å²) in [6.07, 6.45) is 17.7. The quantitative estimate of drug-likeness (QED) is 0.0983. The van der Waals surface area contributed by atoms with Crippen molar-refractivity contribution in [3.8, 4) is 0 Å². The van der Waals surface area contributed by atoms with Gasteiger partial charge in [-0.05, 0) is 49.9 Å². The van der Waals surface area contributed by atoms with Gasteiger partial charge in [0.1, 0.15) is 0 Å². The Morgan fingerprint density at radius 2 is 0.758 bits per heavy atom. The minimum absolute atomic E-state index is 0.748. The molecule has 0 aromatic rings. The molecular weight excluding hydrogens is 444 g/mol. The highest BCUT2D eigenvalue weighted by Crippen LogP contribution is 2.29. The van der Waals surface area contributed by atoms with E-state index in [-0.39, 0.29) is 0 Å². The Kier molecular flexibility index (Phi) is 22.1. The molecule has 0 unspecified atom stereocenters. The molecule has 0 bridgehead atoms. The first-order valence-electron chi connectivity index (χ1n) is 14.0. The molecule has 0 fully saturated rings. The van der Waals surface area contributed by atoms with Gasteiger partial charge in [0, 0.05) is 32.1 Å². The highest BCUT2D eigenvalue weighted by atomic mass is 28.4. The molecule has 196 valence electrons. The standard InChI is InChI=1S/C27H56O4Si2/c1-7-13-19-25-32(28-21-15-9-3,29-22-16-10-4)27-33(26-20-14-8-2,30-23-17-11-5)31-24-18-12-6/h19-20,25-26H,7-18,21-24,27H2,1-6H3. The number of rotatable bonds is 24. The van der Waals surface area contributed by atoms with Crippen LogP contribution in [0.1, 0.15) is 119 Å². The molecule has 0 atom stereocenters. The van der Waals surface area contributed by atoms with Gasteiger partial charge in [-0.25, -0.2) is 0 Å². The fourth-order valence-corrected chi connectivity index (χ4v) is 12.2. The maximum Gasteiger partial charge on any atom is 0.367 e. The maximum atomic E-state index is 6.71. The van der Waals surface area contributed by atoms with Crippen LogP contribution < -0.4 is 0 Å². The molecule has 33 heavy (non-hydrogen) atoms. The summed E-state index contributed by atoms with van der Waals surface area (Å²) in [5, 5.41) is 0. The molecule has 6 heteroatoms. The molecule has 0 spiro atoms. The van der Waals surface area contributed by atoms with Gasteiger partial charge in [-0.1, -0.05) is 92.2 Å². The zero-order valence-corrected chi connectivity index (χ0v) is 25.0. The van der Waals surface area contributed by atoms with Crippen molar-refractivity contribution in [2.45, 2.75) is 124 Å². The normalized spacial score (nSPS) is 13.0. The highest BCUT2D eigenvalue weighted by molar-refractivity contribution is 6.90. The summed E-state index contributed by atoms with van der Waals surface area (Å²) in [5.41, 5.74) is 5.40. The number of allylic oxidation sites excluding steroid dienone is 2. The van der Waals surface area contributed by atoms with Crippen molar-refractivity contribution in [2.75, 3.05) is 26.4 Å². The first-order chi connectivity index (χ1) is 16.1. The first-order valence-corrected chi connectivity index (χ1v) is 18.2. The second-order valence-corrected chi connectivity index (χ2v) is 15.5. The van der Waals surface area contributed by atoms with Crippen molar-refractivity contribution in [1.82, 2.24) is 0 Å². The van der Waals surface area contributed by atoms with Crippen LogP contribution in [0.15, 0.2) is 23.6 Å². The monoisotopic (exact) mass is 500 g/mol. The summed E-state index contributed by atoms with van der Waals surface area (Å²) in [6, 6.07) is 0. The molecule has 4 nitrogen and oxygen atoms in total. The Balaban J connectivity index is 6.14. The molecule has 0 radical (unpaired) electrons. The summed E-state index contributed by atoms with van der Waals surface area (Å²) >= 11 is 0. The lowest BCUT2D eigenvalue weighted by Gasteiger charge is -2.36. The molecule has 0 aliphatic carbocycles. The first kappa shape index (κ1) is 32.8. The summed E-state index contributed by atoms with van der Waals surface area (Å²) in [5.74, 6) is 0. The van der Waals surface area contributed by atoms with E-state index in [1.807, 2.05) is 0 Å². The van der Waals surface area contributed by atoms with E-state index in [4.69, 9.17) is 17.7 Å². The van der Waals surface area contributed by atoms with Gasteiger partial charge in [-0.2, -0.15) is 0 Å². The molecule has 0 aliphatic rings. The van der Waals surface area contributed by atoms with E-state index in [0.717, 1.165) is 109 Å². The van der Waals surface area contributed by atoms with E-state index in [9.17, 15) is 0 Å². The maximum absolute atomic E-state index is 6.71. The number of hydrogen-bond acceptors (Lipinski definition) is 4. The van der Waals surface area contributed by atoms with E-state index in [1.54, 1.807) is 0 Å². The predicted molar refractivity (Wildman–Crippen MR) is 148 cm³/mol. The third kappa shape index (κ3) is 16.1. The fraction of sp³-hybridized carbons (Fsp3) is 0.852. The fourth-order valence-electron chi connectivity index (χ4n) is 3.36. The van der Waals surface area contributed by atoms with Gasteiger partial charge < -0.3 is 17.7 Å². The van der Waals surface area contributed by atoms with E-state index >= 15 is 0 Å². The van der Waals surface area contributed by atoms with Crippen LogP contribution in [0.5, 0.6) is 0 Å².